The monoisotopic (exact) mass is 847 g/mol. The molecule has 0 bridgehead atoms. The Bertz CT molecular complexity index is 4160. The van der Waals surface area contributed by atoms with E-state index in [0.29, 0.717) is 0 Å². The minimum Gasteiger partial charge on any atom is -0.455 e. The first kappa shape index (κ1) is 36.1. The van der Waals surface area contributed by atoms with Crippen LogP contribution in [-0.4, -0.2) is 9.13 Å². The zero-order valence-corrected chi connectivity index (χ0v) is 35.8. The van der Waals surface area contributed by atoms with E-state index in [2.05, 4.69) is 238 Å². The molecule has 14 aromatic rings. The Kier molecular flexibility index (Phi) is 7.82. The van der Waals surface area contributed by atoms with Crippen LogP contribution in [0.3, 0.4) is 0 Å². The second-order valence-electron chi connectivity index (χ2n) is 16.9. The number of thiophene rings is 1. The molecular weight excluding hydrogens is 811 g/mol. The van der Waals surface area contributed by atoms with E-state index in [1.165, 1.54) is 36.7 Å². The maximum Gasteiger partial charge on any atom is 0.145 e. The Hall–Kier alpha value is -8.38. The van der Waals surface area contributed by atoms with Gasteiger partial charge in [-0.05, 0) is 120 Å². The third kappa shape index (κ3) is 5.43. The van der Waals surface area contributed by atoms with E-state index in [-0.39, 0.29) is 0 Å². The van der Waals surface area contributed by atoms with Crippen LogP contribution in [-0.2, 0) is 0 Å². The molecular formula is C60H37N3OS. The molecule has 304 valence electrons. The summed E-state index contributed by atoms with van der Waals surface area (Å²) in [6.45, 7) is 0. The average molecular weight is 848 g/mol. The van der Waals surface area contributed by atoms with Gasteiger partial charge in [-0.25, -0.2) is 0 Å². The number of benzene rings is 10. The lowest BCUT2D eigenvalue weighted by molar-refractivity contribution is 0.677. The van der Waals surface area contributed by atoms with Gasteiger partial charge in [-0.3, -0.25) is 0 Å². The van der Waals surface area contributed by atoms with Gasteiger partial charge in [0, 0.05) is 70.2 Å². The van der Waals surface area contributed by atoms with Crippen molar-refractivity contribution in [3.8, 4) is 22.5 Å². The molecule has 0 N–H and O–H groups in total. The van der Waals surface area contributed by atoms with Gasteiger partial charge in [-0.2, -0.15) is 0 Å². The second-order valence-corrected chi connectivity index (χ2v) is 17.9. The Balaban J connectivity index is 0.926. The van der Waals surface area contributed by atoms with Crippen LogP contribution in [0, 0.1) is 0 Å². The molecule has 0 fully saturated rings. The van der Waals surface area contributed by atoms with Gasteiger partial charge in [0.05, 0.1) is 32.8 Å². The lowest BCUT2D eigenvalue weighted by atomic mass is 10.0. The van der Waals surface area contributed by atoms with Crippen molar-refractivity contribution in [1.82, 2.24) is 9.13 Å². The van der Waals surface area contributed by atoms with Crippen LogP contribution < -0.4 is 4.90 Å². The number of nitrogens with zero attached hydrogens (tertiary/aromatic N) is 3. The van der Waals surface area contributed by atoms with Gasteiger partial charge < -0.3 is 18.5 Å². The molecule has 0 saturated heterocycles. The predicted octanol–water partition coefficient (Wildman–Crippen LogP) is 17.3. The van der Waals surface area contributed by atoms with Crippen LogP contribution in [0.4, 0.5) is 17.1 Å². The molecule has 0 unspecified atom stereocenters. The molecule has 0 aliphatic heterocycles. The normalized spacial score (nSPS) is 12.0. The predicted molar refractivity (Wildman–Crippen MR) is 275 cm³/mol. The first-order valence-corrected chi connectivity index (χ1v) is 22.9. The van der Waals surface area contributed by atoms with Crippen molar-refractivity contribution in [3.63, 3.8) is 0 Å². The van der Waals surface area contributed by atoms with Crippen molar-refractivity contribution in [2.24, 2.45) is 0 Å². The minimum atomic E-state index is 0.911. The Labute approximate surface area is 377 Å². The molecule has 4 heterocycles. The van der Waals surface area contributed by atoms with E-state index < -0.39 is 0 Å². The fourth-order valence-corrected chi connectivity index (χ4v) is 11.5. The van der Waals surface area contributed by atoms with Crippen LogP contribution in [0.15, 0.2) is 229 Å². The summed E-state index contributed by atoms with van der Waals surface area (Å²) < 4.78 is 14.7. The van der Waals surface area contributed by atoms with Crippen molar-refractivity contribution in [1.29, 1.82) is 0 Å². The molecule has 14 rings (SSSR count). The lowest BCUT2D eigenvalue weighted by Crippen LogP contribution is -2.10. The number of hydrogen-bond donors (Lipinski definition) is 0. The van der Waals surface area contributed by atoms with Crippen LogP contribution in [0.5, 0.6) is 0 Å². The van der Waals surface area contributed by atoms with E-state index in [0.717, 1.165) is 88.6 Å². The SMILES string of the molecule is c1ccc(-c2ccc(N(c3ccccc3)c3ccc(-n4c5ccccc5c5c6oc7c(ccc8c7c7ccccc7n8-c7ccc8sc9ccccc9c8c7)c6ccc54)cc3)cc2)cc1. The Morgan fingerprint density at radius 1 is 0.323 bits per heavy atom. The summed E-state index contributed by atoms with van der Waals surface area (Å²) in [4.78, 5) is 2.32. The van der Waals surface area contributed by atoms with Gasteiger partial charge >= 0.3 is 0 Å². The number of rotatable bonds is 6. The van der Waals surface area contributed by atoms with E-state index in [9.17, 15) is 0 Å². The standard InChI is InChI=1S/C60H37N3OS/c1-3-13-38(14-4-1)39-23-25-41(26-24-39)61(40-15-5-2-6-16-40)42-27-29-43(30-28-42)62-51-20-10-7-18-48(51)57-53(62)34-32-46-47-33-35-54-58(60(47)64-59(46)57)49-19-8-11-21-52(49)63(54)44-31-36-56-50(37-44)45-17-9-12-22-55(45)65-56/h1-37H. The van der Waals surface area contributed by atoms with E-state index in [1.807, 2.05) is 11.3 Å². The molecule has 5 heteroatoms. The van der Waals surface area contributed by atoms with Crippen LogP contribution >= 0.6 is 11.3 Å². The summed E-state index contributed by atoms with van der Waals surface area (Å²) in [5, 5.41) is 9.42. The highest BCUT2D eigenvalue weighted by Gasteiger charge is 2.23. The quantitative estimate of drug-likeness (QED) is 0.167. The fraction of sp³-hybridized carbons (Fsp3) is 0. The van der Waals surface area contributed by atoms with Gasteiger partial charge in [0.15, 0.2) is 0 Å². The fourth-order valence-electron chi connectivity index (χ4n) is 10.4. The number of fused-ring (bicyclic) bond motifs is 14. The topological polar surface area (TPSA) is 26.2 Å². The maximum atomic E-state index is 7.26. The van der Waals surface area contributed by atoms with Crippen LogP contribution in [0.2, 0.25) is 0 Å². The third-order valence-electron chi connectivity index (χ3n) is 13.3. The van der Waals surface area contributed by atoms with Gasteiger partial charge in [-0.15, -0.1) is 11.3 Å². The third-order valence-corrected chi connectivity index (χ3v) is 14.5. The summed E-state index contributed by atoms with van der Waals surface area (Å²) in [5.41, 5.74) is 14.3. The average Bonchev–Trinajstić information content (AvgIpc) is 4.12. The zero-order valence-electron chi connectivity index (χ0n) is 35.0. The van der Waals surface area contributed by atoms with Crippen molar-refractivity contribution in [3.05, 3.63) is 224 Å². The summed E-state index contributed by atoms with van der Waals surface area (Å²) in [6, 6.07) is 81.1. The van der Waals surface area contributed by atoms with Crippen molar-refractivity contribution < 1.29 is 4.42 Å². The lowest BCUT2D eigenvalue weighted by Gasteiger charge is -2.26. The van der Waals surface area contributed by atoms with Crippen LogP contribution in [0.1, 0.15) is 0 Å². The number of aromatic nitrogens is 2. The van der Waals surface area contributed by atoms with Crippen molar-refractivity contribution in [2.75, 3.05) is 4.90 Å². The van der Waals surface area contributed by atoms with Gasteiger partial charge in [-0.1, -0.05) is 115 Å². The van der Waals surface area contributed by atoms with E-state index >= 15 is 0 Å². The number of anilines is 3. The molecule has 0 atom stereocenters. The highest BCUT2D eigenvalue weighted by Crippen LogP contribution is 2.46. The Morgan fingerprint density at radius 3 is 1.45 bits per heavy atom. The molecule has 4 aromatic heterocycles. The van der Waals surface area contributed by atoms with Crippen LogP contribution in [0.25, 0.3) is 108 Å². The largest absolute Gasteiger partial charge is 0.455 e. The highest BCUT2D eigenvalue weighted by atomic mass is 32.1. The number of hydrogen-bond acceptors (Lipinski definition) is 3. The molecule has 4 nitrogen and oxygen atoms in total. The summed E-state index contributed by atoms with van der Waals surface area (Å²) >= 11 is 1.85. The highest BCUT2D eigenvalue weighted by molar-refractivity contribution is 7.25. The Morgan fingerprint density at radius 2 is 0.800 bits per heavy atom. The molecule has 0 aliphatic rings. The molecule has 65 heavy (non-hydrogen) atoms. The first-order chi connectivity index (χ1) is 32.2. The minimum absolute atomic E-state index is 0.911. The molecule has 0 saturated carbocycles. The van der Waals surface area contributed by atoms with Gasteiger partial charge in [0.1, 0.15) is 11.2 Å². The van der Waals surface area contributed by atoms with Gasteiger partial charge in [0.25, 0.3) is 0 Å². The van der Waals surface area contributed by atoms with E-state index in [4.69, 9.17) is 4.42 Å². The molecule has 0 amide bonds. The van der Waals surface area contributed by atoms with Gasteiger partial charge in [0.2, 0.25) is 0 Å². The summed E-state index contributed by atoms with van der Waals surface area (Å²) in [5.74, 6) is 0. The summed E-state index contributed by atoms with van der Waals surface area (Å²) in [6.07, 6.45) is 0. The number of furan rings is 1. The van der Waals surface area contributed by atoms with Crippen molar-refractivity contribution >= 4 is 114 Å². The molecule has 0 radical (unpaired) electrons. The number of para-hydroxylation sites is 3. The maximum absolute atomic E-state index is 7.26. The first-order valence-electron chi connectivity index (χ1n) is 22.1. The molecule has 0 aliphatic carbocycles. The smallest absolute Gasteiger partial charge is 0.145 e. The molecule has 10 aromatic carbocycles. The zero-order chi connectivity index (χ0) is 42.6. The summed E-state index contributed by atoms with van der Waals surface area (Å²) in [7, 11) is 0. The molecule has 0 spiro atoms. The van der Waals surface area contributed by atoms with E-state index in [1.54, 1.807) is 0 Å². The van der Waals surface area contributed by atoms with Crippen molar-refractivity contribution in [2.45, 2.75) is 0 Å². The second kappa shape index (κ2) is 14.1.